The molecule has 1 aliphatic heterocycles. The van der Waals surface area contributed by atoms with Crippen LogP contribution in [0.2, 0.25) is 0 Å². The van der Waals surface area contributed by atoms with E-state index in [9.17, 15) is 24.0 Å². The number of aromatic nitrogens is 1. The smallest absolute Gasteiger partial charge is 0.289 e. The monoisotopic (exact) mass is 563 g/mol. The average molecular weight is 564 g/mol. The first-order valence-electron chi connectivity index (χ1n) is 13.2. The van der Waals surface area contributed by atoms with Crippen LogP contribution in [0, 0.1) is 5.92 Å². The first kappa shape index (κ1) is 29.1. The minimum atomic E-state index is -1.24. The highest BCUT2D eigenvalue weighted by Crippen LogP contribution is 2.31. The van der Waals surface area contributed by atoms with Crippen LogP contribution >= 0.6 is 0 Å². The van der Waals surface area contributed by atoms with E-state index in [1.165, 1.54) is 14.2 Å². The van der Waals surface area contributed by atoms with Gasteiger partial charge in [0.2, 0.25) is 17.6 Å². The standard InChI is InChI=1S/C29H33N5O7/c1-40-19-12-21-20(24(13-19)41-2)14-23(33-21)28(38)32-16-25(35)34-22(11-18-9-6-10-30-27(18)37)26(36)29(39)31-15-17-7-4-3-5-8-17/h3-5,7-8,12-14,18,22,33H,6,9-11,15-16H2,1-2H3,(H,30,37)(H,31,39)(H,32,38)(H,34,35). The lowest BCUT2D eigenvalue weighted by atomic mass is 9.90. The van der Waals surface area contributed by atoms with Crippen molar-refractivity contribution in [2.24, 2.45) is 5.92 Å². The van der Waals surface area contributed by atoms with E-state index in [0.717, 1.165) is 12.0 Å². The summed E-state index contributed by atoms with van der Waals surface area (Å²) in [4.78, 5) is 66.7. The van der Waals surface area contributed by atoms with Crippen LogP contribution in [0.5, 0.6) is 11.5 Å². The molecular formula is C29H33N5O7. The van der Waals surface area contributed by atoms with Crippen molar-refractivity contribution in [3.05, 3.63) is 59.8 Å². The number of ether oxygens (including phenoxy) is 2. The molecular weight excluding hydrogens is 530 g/mol. The van der Waals surface area contributed by atoms with Gasteiger partial charge in [0.05, 0.1) is 32.3 Å². The minimum absolute atomic E-state index is 0.0350. The van der Waals surface area contributed by atoms with E-state index in [4.69, 9.17) is 9.47 Å². The van der Waals surface area contributed by atoms with Crippen molar-refractivity contribution in [1.29, 1.82) is 0 Å². The van der Waals surface area contributed by atoms with Gasteiger partial charge in [-0.1, -0.05) is 30.3 Å². The van der Waals surface area contributed by atoms with Gasteiger partial charge in [0.1, 0.15) is 17.2 Å². The lowest BCUT2D eigenvalue weighted by molar-refractivity contribution is -0.141. The molecule has 4 rings (SSSR count). The number of methoxy groups -OCH3 is 2. The number of rotatable bonds is 12. The fourth-order valence-corrected chi connectivity index (χ4v) is 4.69. The normalized spacial score (nSPS) is 15.4. The Morgan fingerprint density at radius 2 is 1.80 bits per heavy atom. The Morgan fingerprint density at radius 3 is 2.51 bits per heavy atom. The van der Waals surface area contributed by atoms with Gasteiger partial charge in [-0.15, -0.1) is 0 Å². The molecule has 2 aromatic carbocycles. The molecule has 5 N–H and O–H groups in total. The van der Waals surface area contributed by atoms with Gasteiger partial charge in [-0.2, -0.15) is 0 Å². The summed E-state index contributed by atoms with van der Waals surface area (Å²) in [7, 11) is 3.02. The maximum atomic E-state index is 13.1. The first-order chi connectivity index (χ1) is 19.8. The number of amides is 4. The van der Waals surface area contributed by atoms with Crippen LogP contribution in [0.25, 0.3) is 10.9 Å². The molecule has 1 aromatic heterocycles. The Morgan fingerprint density at radius 1 is 1.02 bits per heavy atom. The Bertz CT molecular complexity index is 1440. The van der Waals surface area contributed by atoms with E-state index in [0.29, 0.717) is 35.4 Å². The van der Waals surface area contributed by atoms with Crippen molar-refractivity contribution in [1.82, 2.24) is 26.3 Å². The summed E-state index contributed by atoms with van der Waals surface area (Å²) in [6.07, 6.45) is 1.22. The molecule has 0 radical (unpaired) electrons. The summed E-state index contributed by atoms with van der Waals surface area (Å²) in [5, 5.41) is 11.0. The summed E-state index contributed by atoms with van der Waals surface area (Å²) in [6, 6.07) is 12.8. The van der Waals surface area contributed by atoms with Gasteiger partial charge in [0.15, 0.2) is 0 Å². The quantitative estimate of drug-likeness (QED) is 0.206. The number of benzene rings is 2. The number of carbonyl (C=O) groups is 5. The van der Waals surface area contributed by atoms with Gasteiger partial charge in [-0.25, -0.2) is 0 Å². The van der Waals surface area contributed by atoms with Crippen LogP contribution in [-0.4, -0.2) is 67.7 Å². The number of piperidine rings is 1. The van der Waals surface area contributed by atoms with Crippen LogP contribution in [-0.2, 0) is 25.7 Å². The molecule has 216 valence electrons. The van der Waals surface area contributed by atoms with E-state index < -0.39 is 42.0 Å². The Hall–Kier alpha value is -4.87. The number of aromatic amines is 1. The highest BCUT2D eigenvalue weighted by atomic mass is 16.5. The van der Waals surface area contributed by atoms with E-state index in [2.05, 4.69) is 26.3 Å². The SMILES string of the molecule is COc1cc(OC)c2cc(C(=O)NCC(=O)NC(CC3CCCNC3=O)C(=O)C(=O)NCc3ccccc3)[nH]c2c1. The first-order valence-corrected chi connectivity index (χ1v) is 13.2. The maximum absolute atomic E-state index is 13.1. The zero-order valence-electron chi connectivity index (χ0n) is 22.9. The predicted octanol–water partition coefficient (Wildman–Crippen LogP) is 1.20. The molecule has 4 amide bonds. The summed E-state index contributed by atoms with van der Waals surface area (Å²) in [5.74, 6) is -2.70. The molecule has 1 fully saturated rings. The number of hydrogen-bond donors (Lipinski definition) is 5. The summed E-state index contributed by atoms with van der Waals surface area (Å²) < 4.78 is 10.6. The van der Waals surface area contributed by atoms with Gasteiger partial charge in [-0.3, -0.25) is 24.0 Å². The van der Waals surface area contributed by atoms with E-state index in [1.807, 2.05) is 18.2 Å². The molecule has 1 saturated heterocycles. The molecule has 12 nitrogen and oxygen atoms in total. The third-order valence-corrected chi connectivity index (χ3v) is 6.87. The molecule has 0 bridgehead atoms. The van der Waals surface area contributed by atoms with Crippen molar-refractivity contribution in [2.75, 3.05) is 27.3 Å². The fourth-order valence-electron chi connectivity index (χ4n) is 4.69. The van der Waals surface area contributed by atoms with E-state index in [-0.39, 0.29) is 24.6 Å². The Balaban J connectivity index is 1.40. The van der Waals surface area contributed by atoms with Crippen molar-refractivity contribution in [2.45, 2.75) is 31.8 Å². The van der Waals surface area contributed by atoms with Gasteiger partial charge in [0.25, 0.3) is 11.8 Å². The fraction of sp³-hybridized carbons (Fsp3) is 0.345. The molecule has 41 heavy (non-hydrogen) atoms. The number of H-pyrrole nitrogens is 1. The second-order valence-electron chi connectivity index (χ2n) is 9.68. The molecule has 0 saturated carbocycles. The van der Waals surface area contributed by atoms with Crippen LogP contribution in [0.3, 0.4) is 0 Å². The summed E-state index contributed by atoms with van der Waals surface area (Å²) >= 11 is 0. The van der Waals surface area contributed by atoms with Gasteiger partial charge >= 0.3 is 0 Å². The topological polar surface area (TPSA) is 168 Å². The van der Waals surface area contributed by atoms with Gasteiger partial charge in [-0.05, 0) is 30.9 Å². The Kier molecular flexibility index (Phi) is 9.56. The lowest BCUT2D eigenvalue weighted by Crippen LogP contribution is -2.52. The molecule has 0 aliphatic carbocycles. The van der Waals surface area contributed by atoms with Crippen LogP contribution in [0.1, 0.15) is 35.3 Å². The maximum Gasteiger partial charge on any atom is 0.289 e. The van der Waals surface area contributed by atoms with Crippen molar-refractivity contribution in [3.63, 3.8) is 0 Å². The van der Waals surface area contributed by atoms with Crippen molar-refractivity contribution < 1.29 is 33.4 Å². The van der Waals surface area contributed by atoms with Crippen LogP contribution in [0.15, 0.2) is 48.5 Å². The number of ketones is 1. The van der Waals surface area contributed by atoms with E-state index >= 15 is 0 Å². The molecule has 1 aliphatic rings. The molecule has 3 aromatic rings. The number of nitrogens with one attached hydrogen (secondary N) is 5. The molecule has 2 atom stereocenters. The number of Topliss-reactive ketones (excluding diaryl/α,β-unsaturated/α-hetero) is 1. The lowest BCUT2D eigenvalue weighted by Gasteiger charge is -2.26. The van der Waals surface area contributed by atoms with Gasteiger partial charge < -0.3 is 35.7 Å². The number of fused-ring (bicyclic) bond motifs is 1. The highest BCUT2D eigenvalue weighted by Gasteiger charge is 2.33. The summed E-state index contributed by atoms with van der Waals surface area (Å²) in [6.45, 7) is 0.213. The second kappa shape index (κ2) is 13.5. The second-order valence-corrected chi connectivity index (χ2v) is 9.68. The zero-order chi connectivity index (χ0) is 29.4. The highest BCUT2D eigenvalue weighted by molar-refractivity contribution is 6.38. The third kappa shape index (κ3) is 7.41. The molecule has 0 spiro atoms. The summed E-state index contributed by atoms with van der Waals surface area (Å²) in [5.41, 5.74) is 1.59. The van der Waals surface area contributed by atoms with Gasteiger partial charge in [0, 0.05) is 36.5 Å². The minimum Gasteiger partial charge on any atom is -0.497 e. The number of carbonyl (C=O) groups excluding carboxylic acids is 5. The Labute approximate surface area is 236 Å². The average Bonchev–Trinajstić information content (AvgIpc) is 3.43. The number of hydrogen-bond acceptors (Lipinski definition) is 7. The third-order valence-electron chi connectivity index (χ3n) is 6.87. The van der Waals surface area contributed by atoms with Crippen molar-refractivity contribution >= 4 is 40.3 Å². The van der Waals surface area contributed by atoms with Crippen molar-refractivity contribution in [3.8, 4) is 11.5 Å². The zero-order valence-corrected chi connectivity index (χ0v) is 22.9. The molecule has 2 unspecified atom stereocenters. The largest absolute Gasteiger partial charge is 0.497 e. The van der Waals surface area contributed by atoms with E-state index in [1.54, 1.807) is 30.3 Å². The molecule has 12 heteroatoms. The predicted molar refractivity (Wildman–Crippen MR) is 149 cm³/mol. The van der Waals surface area contributed by atoms with Crippen LogP contribution < -0.4 is 30.7 Å². The van der Waals surface area contributed by atoms with Crippen LogP contribution in [0.4, 0.5) is 0 Å². The molecule has 2 heterocycles.